The van der Waals surface area contributed by atoms with Gasteiger partial charge in [-0.05, 0) is 54.9 Å². The maximum absolute atomic E-state index is 12.7. The minimum atomic E-state index is -0.282. The summed E-state index contributed by atoms with van der Waals surface area (Å²) in [6.07, 6.45) is 1.73. The van der Waals surface area contributed by atoms with Crippen molar-refractivity contribution in [2.75, 3.05) is 7.11 Å². The molecule has 5 nitrogen and oxygen atoms in total. The van der Waals surface area contributed by atoms with Crippen LogP contribution in [0.3, 0.4) is 0 Å². The second-order valence-corrected chi connectivity index (χ2v) is 7.32. The van der Waals surface area contributed by atoms with Crippen molar-refractivity contribution < 1.29 is 19.1 Å². The number of benzene rings is 2. The Labute approximate surface area is 163 Å². The molecule has 0 spiro atoms. The lowest BCUT2D eigenvalue weighted by Crippen LogP contribution is -2.27. The van der Waals surface area contributed by atoms with Gasteiger partial charge in [0.25, 0.3) is 11.1 Å². The van der Waals surface area contributed by atoms with Crippen molar-refractivity contribution in [3.63, 3.8) is 0 Å². The molecule has 0 saturated carbocycles. The molecule has 1 fully saturated rings. The molecule has 2 aromatic carbocycles. The van der Waals surface area contributed by atoms with E-state index >= 15 is 0 Å². The van der Waals surface area contributed by atoms with E-state index in [0.29, 0.717) is 16.4 Å². The van der Waals surface area contributed by atoms with Crippen LogP contribution in [0.5, 0.6) is 11.5 Å². The van der Waals surface area contributed by atoms with Gasteiger partial charge in [0, 0.05) is 0 Å². The van der Waals surface area contributed by atoms with Gasteiger partial charge in [-0.1, -0.05) is 36.4 Å². The lowest BCUT2D eigenvalue weighted by Gasteiger charge is -2.14. The van der Waals surface area contributed by atoms with Gasteiger partial charge in [0.1, 0.15) is 0 Å². The van der Waals surface area contributed by atoms with Crippen LogP contribution >= 0.6 is 11.8 Å². The number of nitrogens with zero attached hydrogens (tertiary/aromatic N) is 1. The lowest BCUT2D eigenvalue weighted by molar-refractivity contribution is -0.123. The molecular weight excluding hydrogens is 362 g/mol. The number of rotatable bonds is 6. The molecule has 0 bridgehead atoms. The first-order valence-electron chi connectivity index (χ1n) is 8.62. The highest BCUT2D eigenvalue weighted by molar-refractivity contribution is 8.18. The fraction of sp³-hybridized carbons (Fsp3) is 0.238. The zero-order valence-electron chi connectivity index (χ0n) is 15.5. The summed E-state index contributed by atoms with van der Waals surface area (Å²) in [5.41, 5.74) is 1.69. The van der Waals surface area contributed by atoms with Gasteiger partial charge < -0.3 is 9.47 Å². The van der Waals surface area contributed by atoms with E-state index in [-0.39, 0.29) is 23.8 Å². The largest absolute Gasteiger partial charge is 0.493 e. The molecule has 0 atom stereocenters. The fourth-order valence-corrected chi connectivity index (χ4v) is 3.52. The van der Waals surface area contributed by atoms with E-state index in [2.05, 4.69) is 0 Å². The zero-order chi connectivity index (χ0) is 19.4. The van der Waals surface area contributed by atoms with E-state index in [9.17, 15) is 9.59 Å². The third-order valence-electron chi connectivity index (χ3n) is 3.91. The Kier molecular flexibility index (Phi) is 5.86. The fourth-order valence-electron chi connectivity index (χ4n) is 2.68. The summed E-state index contributed by atoms with van der Waals surface area (Å²) < 4.78 is 11.1. The molecule has 0 aromatic heterocycles. The molecule has 1 heterocycles. The molecule has 1 aliphatic heterocycles. The van der Waals surface area contributed by atoms with Crippen molar-refractivity contribution >= 4 is 29.0 Å². The normalized spacial score (nSPS) is 15.7. The highest BCUT2D eigenvalue weighted by atomic mass is 32.2. The summed E-state index contributed by atoms with van der Waals surface area (Å²) in [5, 5.41) is -0.262. The molecule has 3 rings (SSSR count). The molecule has 0 radical (unpaired) electrons. The molecule has 1 saturated heterocycles. The van der Waals surface area contributed by atoms with Crippen LogP contribution in [0.1, 0.15) is 25.0 Å². The standard InChI is InChI=1S/C21H21NO4S/c1-14(2)26-17-10-9-16(11-18(17)25-3)12-19-20(23)22(21(24)27-19)13-15-7-5-4-6-8-15/h4-12,14H,13H2,1-3H3/b19-12-. The molecule has 6 heteroatoms. The Morgan fingerprint density at radius 3 is 2.48 bits per heavy atom. The molecule has 0 aliphatic carbocycles. The molecule has 27 heavy (non-hydrogen) atoms. The number of amides is 2. The van der Waals surface area contributed by atoms with Crippen molar-refractivity contribution in [2.45, 2.75) is 26.5 Å². The number of thioether (sulfide) groups is 1. The highest BCUT2D eigenvalue weighted by Crippen LogP contribution is 2.35. The van der Waals surface area contributed by atoms with Gasteiger partial charge in [-0.2, -0.15) is 0 Å². The van der Waals surface area contributed by atoms with Crippen LogP contribution in [-0.4, -0.2) is 29.3 Å². The number of hydrogen-bond acceptors (Lipinski definition) is 5. The number of hydrogen-bond donors (Lipinski definition) is 0. The monoisotopic (exact) mass is 383 g/mol. The Balaban J connectivity index is 1.81. The molecule has 1 aliphatic rings. The molecule has 0 N–H and O–H groups in total. The topological polar surface area (TPSA) is 55.8 Å². The second kappa shape index (κ2) is 8.31. The first-order valence-corrected chi connectivity index (χ1v) is 9.43. The quantitative estimate of drug-likeness (QED) is 0.676. The van der Waals surface area contributed by atoms with Crippen molar-refractivity contribution in [2.24, 2.45) is 0 Å². The average Bonchev–Trinajstić information content (AvgIpc) is 2.91. The minimum absolute atomic E-state index is 0.0271. The van der Waals surface area contributed by atoms with E-state index in [4.69, 9.17) is 9.47 Å². The van der Waals surface area contributed by atoms with Crippen LogP contribution in [-0.2, 0) is 11.3 Å². The molecule has 2 amide bonds. The summed E-state index contributed by atoms with van der Waals surface area (Å²) in [7, 11) is 1.57. The van der Waals surface area contributed by atoms with Crippen molar-refractivity contribution in [1.29, 1.82) is 0 Å². The van der Waals surface area contributed by atoms with Crippen molar-refractivity contribution in [3.8, 4) is 11.5 Å². The molecule has 140 valence electrons. The average molecular weight is 383 g/mol. The highest BCUT2D eigenvalue weighted by Gasteiger charge is 2.34. The maximum atomic E-state index is 12.7. The zero-order valence-corrected chi connectivity index (χ0v) is 16.3. The Hall–Kier alpha value is -2.73. The summed E-state index contributed by atoms with van der Waals surface area (Å²) in [6.45, 7) is 4.15. The van der Waals surface area contributed by atoms with Crippen LogP contribution in [0, 0.1) is 0 Å². The number of ether oxygens (including phenoxy) is 2. The van der Waals surface area contributed by atoms with Gasteiger partial charge in [-0.15, -0.1) is 0 Å². The Morgan fingerprint density at radius 1 is 1.07 bits per heavy atom. The van der Waals surface area contributed by atoms with Gasteiger partial charge in [-0.25, -0.2) is 0 Å². The first-order chi connectivity index (χ1) is 13.0. The van der Waals surface area contributed by atoms with Crippen LogP contribution in [0.2, 0.25) is 0 Å². The number of carbonyl (C=O) groups is 2. The smallest absolute Gasteiger partial charge is 0.293 e. The predicted octanol–water partition coefficient (Wildman–Crippen LogP) is 4.72. The van der Waals surface area contributed by atoms with Gasteiger partial charge in [0.2, 0.25) is 0 Å². The first kappa shape index (κ1) is 19.0. The van der Waals surface area contributed by atoms with Gasteiger partial charge in [0.15, 0.2) is 11.5 Å². The minimum Gasteiger partial charge on any atom is -0.493 e. The second-order valence-electron chi connectivity index (χ2n) is 6.33. The summed E-state index contributed by atoms with van der Waals surface area (Å²) in [6, 6.07) is 14.9. The molecule has 2 aromatic rings. The molecular formula is C21H21NO4S. The molecule has 0 unspecified atom stereocenters. The van der Waals surface area contributed by atoms with Crippen LogP contribution in [0.15, 0.2) is 53.4 Å². The Morgan fingerprint density at radius 2 is 1.81 bits per heavy atom. The van der Waals surface area contributed by atoms with E-state index in [0.717, 1.165) is 22.9 Å². The summed E-state index contributed by atoms with van der Waals surface area (Å²) >= 11 is 0.951. The van der Waals surface area contributed by atoms with E-state index in [1.165, 1.54) is 4.90 Å². The van der Waals surface area contributed by atoms with E-state index < -0.39 is 0 Å². The Bertz CT molecular complexity index is 877. The van der Waals surface area contributed by atoms with Crippen LogP contribution < -0.4 is 9.47 Å². The SMILES string of the molecule is COc1cc(/C=C2\SC(=O)N(Cc3ccccc3)C2=O)ccc1OC(C)C. The summed E-state index contributed by atoms with van der Waals surface area (Å²) in [4.78, 5) is 26.6. The number of imide groups is 1. The van der Waals surface area contributed by atoms with E-state index in [1.807, 2.05) is 50.2 Å². The van der Waals surface area contributed by atoms with Crippen molar-refractivity contribution in [1.82, 2.24) is 4.90 Å². The predicted molar refractivity (Wildman–Crippen MR) is 107 cm³/mol. The summed E-state index contributed by atoms with van der Waals surface area (Å²) in [5.74, 6) is 0.943. The van der Waals surface area contributed by atoms with Gasteiger partial charge in [0.05, 0.1) is 24.7 Å². The maximum Gasteiger partial charge on any atom is 0.293 e. The van der Waals surface area contributed by atoms with Crippen molar-refractivity contribution in [3.05, 3.63) is 64.6 Å². The number of carbonyl (C=O) groups excluding carboxylic acids is 2. The van der Waals surface area contributed by atoms with E-state index in [1.54, 1.807) is 25.3 Å². The van der Waals surface area contributed by atoms with Gasteiger partial charge in [-0.3, -0.25) is 14.5 Å². The third-order valence-corrected chi connectivity index (χ3v) is 4.81. The number of methoxy groups -OCH3 is 1. The van der Waals surface area contributed by atoms with Crippen LogP contribution in [0.25, 0.3) is 6.08 Å². The third kappa shape index (κ3) is 4.52. The van der Waals surface area contributed by atoms with Crippen LogP contribution in [0.4, 0.5) is 4.79 Å². The van der Waals surface area contributed by atoms with Gasteiger partial charge >= 0.3 is 0 Å². The lowest BCUT2D eigenvalue weighted by atomic mass is 10.1.